The fourth-order valence-corrected chi connectivity index (χ4v) is 8.35. The largest absolute Gasteiger partial charge is 0.466 e. The van der Waals surface area contributed by atoms with E-state index in [-0.39, 0.29) is 18.5 Å². The molecule has 2 atom stereocenters. The number of esters is 1. The van der Waals surface area contributed by atoms with Crippen LogP contribution in [0.5, 0.6) is 0 Å². The predicted octanol–water partition coefficient (Wildman–Crippen LogP) is 15.6. The van der Waals surface area contributed by atoms with Gasteiger partial charge < -0.3 is 20.3 Å². The van der Waals surface area contributed by atoms with Gasteiger partial charge in [0, 0.05) is 12.8 Å². The summed E-state index contributed by atoms with van der Waals surface area (Å²) in [4.78, 5) is 24.5. The van der Waals surface area contributed by atoms with Gasteiger partial charge in [-0.15, -0.1) is 0 Å². The highest BCUT2D eigenvalue weighted by Crippen LogP contribution is 2.17. The van der Waals surface area contributed by atoms with Crippen LogP contribution in [0.15, 0.2) is 0 Å². The van der Waals surface area contributed by atoms with E-state index in [1.807, 2.05) is 0 Å². The average molecular weight is 822 g/mol. The molecule has 0 aromatic heterocycles. The molecule has 58 heavy (non-hydrogen) atoms. The number of amides is 1. The minimum atomic E-state index is -0.679. The van der Waals surface area contributed by atoms with Gasteiger partial charge in [0.2, 0.25) is 5.91 Å². The first kappa shape index (κ1) is 56.9. The van der Waals surface area contributed by atoms with Gasteiger partial charge in [0.05, 0.1) is 25.4 Å². The second-order valence-electron chi connectivity index (χ2n) is 18.2. The maximum atomic E-state index is 12.4. The van der Waals surface area contributed by atoms with Crippen molar-refractivity contribution in [3.8, 4) is 0 Å². The molecule has 346 valence electrons. The van der Waals surface area contributed by atoms with Crippen molar-refractivity contribution in [3.05, 3.63) is 0 Å². The maximum Gasteiger partial charge on any atom is 0.305 e. The van der Waals surface area contributed by atoms with Crippen LogP contribution in [0.2, 0.25) is 0 Å². The van der Waals surface area contributed by atoms with E-state index in [9.17, 15) is 19.8 Å². The van der Waals surface area contributed by atoms with Gasteiger partial charge in [-0.2, -0.15) is 0 Å². The molecule has 0 bridgehead atoms. The zero-order chi connectivity index (χ0) is 42.3. The number of ether oxygens (including phenoxy) is 1. The van der Waals surface area contributed by atoms with Crippen LogP contribution < -0.4 is 5.32 Å². The monoisotopic (exact) mass is 822 g/mol. The molecule has 0 aliphatic rings. The third-order valence-electron chi connectivity index (χ3n) is 12.4. The van der Waals surface area contributed by atoms with Crippen LogP contribution in [0, 0.1) is 0 Å². The molecule has 0 rings (SSSR count). The van der Waals surface area contributed by atoms with Crippen LogP contribution in [0.1, 0.15) is 296 Å². The highest BCUT2D eigenvalue weighted by Gasteiger charge is 2.20. The topological polar surface area (TPSA) is 95.9 Å². The fraction of sp³-hybridized carbons (Fsp3) is 0.962. The van der Waals surface area contributed by atoms with Gasteiger partial charge >= 0.3 is 5.97 Å². The van der Waals surface area contributed by atoms with Gasteiger partial charge in [-0.3, -0.25) is 9.59 Å². The molecule has 0 saturated carbocycles. The van der Waals surface area contributed by atoms with Crippen molar-refractivity contribution in [2.24, 2.45) is 0 Å². The normalized spacial score (nSPS) is 12.6. The highest BCUT2D eigenvalue weighted by molar-refractivity contribution is 5.76. The number of aliphatic hydroxyl groups excluding tert-OH is 2. The Morgan fingerprint density at radius 1 is 0.414 bits per heavy atom. The Labute approximate surface area is 362 Å². The lowest BCUT2D eigenvalue weighted by Gasteiger charge is -2.22. The summed E-state index contributed by atoms with van der Waals surface area (Å²) in [7, 11) is 0. The van der Waals surface area contributed by atoms with Crippen molar-refractivity contribution in [1.82, 2.24) is 5.32 Å². The molecule has 3 N–H and O–H groups in total. The van der Waals surface area contributed by atoms with Gasteiger partial charge in [-0.05, 0) is 25.7 Å². The van der Waals surface area contributed by atoms with Gasteiger partial charge in [0.25, 0.3) is 0 Å². The SMILES string of the molecule is CCCCCCCCCCCCCCCCCCCCC(=O)OCCCCCCCCCCCC(=O)NC(CO)C(O)CCCCCCCCCCCCCCCC. The van der Waals surface area contributed by atoms with Gasteiger partial charge in [-0.25, -0.2) is 0 Å². The molecule has 2 unspecified atom stereocenters. The van der Waals surface area contributed by atoms with Crippen LogP contribution in [-0.4, -0.2) is 47.4 Å². The van der Waals surface area contributed by atoms with E-state index in [4.69, 9.17) is 4.74 Å². The minimum Gasteiger partial charge on any atom is -0.466 e. The standard InChI is InChI=1S/C52H103NO5/c1-3-5-7-9-11-13-15-17-19-20-21-22-24-26-30-34-38-42-46-52(57)58-47-43-39-35-31-27-29-33-37-41-45-51(56)53-49(48-54)50(55)44-40-36-32-28-25-23-18-16-14-12-10-8-6-4-2/h49-50,54-55H,3-48H2,1-2H3,(H,53,56). The predicted molar refractivity (Wildman–Crippen MR) is 250 cm³/mol. The first-order valence-electron chi connectivity index (χ1n) is 26.3. The molecular weight excluding hydrogens is 719 g/mol. The van der Waals surface area contributed by atoms with E-state index in [1.165, 1.54) is 205 Å². The van der Waals surface area contributed by atoms with Crippen molar-refractivity contribution < 1.29 is 24.5 Å². The van der Waals surface area contributed by atoms with E-state index in [2.05, 4.69) is 19.2 Å². The third kappa shape index (κ3) is 44.4. The Hall–Kier alpha value is -1.14. The second-order valence-corrected chi connectivity index (χ2v) is 18.2. The number of nitrogens with one attached hydrogen (secondary N) is 1. The van der Waals surface area contributed by atoms with E-state index in [1.54, 1.807) is 0 Å². The lowest BCUT2D eigenvalue weighted by atomic mass is 10.0. The number of hydrogen-bond acceptors (Lipinski definition) is 5. The zero-order valence-electron chi connectivity index (χ0n) is 39.3. The molecule has 0 radical (unpaired) electrons. The Morgan fingerprint density at radius 2 is 0.707 bits per heavy atom. The summed E-state index contributed by atoms with van der Waals surface area (Å²) < 4.78 is 5.47. The van der Waals surface area contributed by atoms with Crippen LogP contribution >= 0.6 is 0 Å². The Morgan fingerprint density at radius 3 is 1.05 bits per heavy atom. The molecule has 0 aliphatic heterocycles. The van der Waals surface area contributed by atoms with Crippen LogP contribution in [0.4, 0.5) is 0 Å². The highest BCUT2D eigenvalue weighted by atomic mass is 16.5. The van der Waals surface area contributed by atoms with Crippen molar-refractivity contribution in [2.75, 3.05) is 13.2 Å². The Balaban J connectivity index is 3.44. The first-order valence-corrected chi connectivity index (χ1v) is 26.3. The van der Waals surface area contributed by atoms with Crippen LogP contribution in [0.3, 0.4) is 0 Å². The lowest BCUT2D eigenvalue weighted by Crippen LogP contribution is -2.45. The summed E-state index contributed by atoms with van der Waals surface area (Å²) in [5, 5.41) is 23.2. The average Bonchev–Trinajstić information content (AvgIpc) is 3.22. The number of hydrogen-bond donors (Lipinski definition) is 3. The molecule has 0 aromatic carbocycles. The molecule has 6 heteroatoms. The Bertz CT molecular complexity index is 822. The summed E-state index contributed by atoms with van der Waals surface area (Å²) in [6.45, 7) is 4.91. The zero-order valence-corrected chi connectivity index (χ0v) is 39.3. The van der Waals surface area contributed by atoms with Crippen molar-refractivity contribution in [1.29, 1.82) is 0 Å². The summed E-state index contributed by atoms with van der Waals surface area (Å²) in [6.07, 6.45) is 53.6. The summed E-state index contributed by atoms with van der Waals surface area (Å²) in [6, 6.07) is -0.559. The van der Waals surface area contributed by atoms with Crippen LogP contribution in [-0.2, 0) is 14.3 Å². The van der Waals surface area contributed by atoms with E-state index < -0.39 is 12.1 Å². The summed E-state index contributed by atoms with van der Waals surface area (Å²) >= 11 is 0. The Kier molecular flexibility index (Phi) is 47.6. The molecule has 1 amide bonds. The van der Waals surface area contributed by atoms with Gasteiger partial charge in [0.15, 0.2) is 0 Å². The number of rotatable bonds is 49. The molecule has 0 spiro atoms. The fourth-order valence-electron chi connectivity index (χ4n) is 8.35. The second kappa shape index (κ2) is 48.5. The number of carbonyl (C=O) groups is 2. The van der Waals surface area contributed by atoms with E-state index in [0.717, 1.165) is 57.8 Å². The molecule has 0 fully saturated rings. The summed E-state index contributed by atoms with van der Waals surface area (Å²) in [5.41, 5.74) is 0. The number of unbranched alkanes of at least 4 members (excludes halogenated alkanes) is 38. The minimum absolute atomic E-state index is 0.0199. The van der Waals surface area contributed by atoms with Crippen molar-refractivity contribution >= 4 is 11.9 Å². The molecule has 0 heterocycles. The van der Waals surface area contributed by atoms with Gasteiger partial charge in [-0.1, -0.05) is 258 Å². The van der Waals surface area contributed by atoms with Crippen molar-refractivity contribution in [3.63, 3.8) is 0 Å². The number of carbonyl (C=O) groups excluding carboxylic acids is 2. The quantitative estimate of drug-likeness (QED) is 0.0420. The molecule has 0 aliphatic carbocycles. The third-order valence-corrected chi connectivity index (χ3v) is 12.4. The van der Waals surface area contributed by atoms with Crippen molar-refractivity contribution in [2.45, 2.75) is 309 Å². The van der Waals surface area contributed by atoms with Gasteiger partial charge in [0.1, 0.15) is 0 Å². The lowest BCUT2D eigenvalue weighted by molar-refractivity contribution is -0.143. The smallest absolute Gasteiger partial charge is 0.305 e. The molecule has 0 aromatic rings. The van der Waals surface area contributed by atoms with E-state index >= 15 is 0 Å². The first-order chi connectivity index (χ1) is 28.5. The molecule has 0 saturated heterocycles. The molecule has 6 nitrogen and oxygen atoms in total. The van der Waals surface area contributed by atoms with Crippen LogP contribution in [0.25, 0.3) is 0 Å². The van der Waals surface area contributed by atoms with E-state index in [0.29, 0.717) is 25.9 Å². The summed E-state index contributed by atoms with van der Waals surface area (Å²) in [5.74, 6) is -0.0800. The maximum absolute atomic E-state index is 12.4. The molecular formula is C52H103NO5. The number of aliphatic hydroxyl groups is 2.